The van der Waals surface area contributed by atoms with Crippen molar-refractivity contribution < 1.29 is 4.74 Å². The summed E-state index contributed by atoms with van der Waals surface area (Å²) < 4.78 is 5.67. The molecule has 0 bridgehead atoms. The largest absolute Gasteiger partial charge is 0.487 e. The van der Waals surface area contributed by atoms with Crippen molar-refractivity contribution in [2.45, 2.75) is 26.2 Å². The highest BCUT2D eigenvalue weighted by molar-refractivity contribution is 5.42. The number of hydrogen-bond acceptors (Lipinski definition) is 2. The molecule has 2 rings (SSSR count). The summed E-state index contributed by atoms with van der Waals surface area (Å²) in [4.78, 5) is 4.33. The van der Waals surface area contributed by atoms with Crippen molar-refractivity contribution >= 4 is 0 Å². The molecule has 1 aromatic rings. The minimum Gasteiger partial charge on any atom is -0.487 e. The van der Waals surface area contributed by atoms with Gasteiger partial charge in [0.05, 0.1) is 5.69 Å². The van der Waals surface area contributed by atoms with Gasteiger partial charge in [-0.25, -0.2) is 0 Å². The maximum atomic E-state index is 5.67. The zero-order valence-electron chi connectivity index (χ0n) is 8.71. The number of nitrogens with zero attached hydrogens (tertiary/aromatic N) is 1. The van der Waals surface area contributed by atoms with E-state index < -0.39 is 0 Å². The SMILES string of the molecule is C=C1COc2c(C(C)C)ccnc2C1. The summed E-state index contributed by atoms with van der Waals surface area (Å²) in [5, 5.41) is 0. The molecule has 0 N–H and O–H groups in total. The smallest absolute Gasteiger partial charge is 0.145 e. The molecule has 0 spiro atoms. The van der Waals surface area contributed by atoms with Gasteiger partial charge in [-0.3, -0.25) is 4.98 Å². The van der Waals surface area contributed by atoms with E-state index in [0.717, 1.165) is 23.4 Å². The average Bonchev–Trinajstić information content (AvgIpc) is 2.16. The second-order valence-electron chi connectivity index (χ2n) is 4.05. The van der Waals surface area contributed by atoms with Gasteiger partial charge in [0.2, 0.25) is 0 Å². The summed E-state index contributed by atoms with van der Waals surface area (Å²) in [7, 11) is 0. The molecule has 0 aromatic carbocycles. The lowest BCUT2D eigenvalue weighted by atomic mass is 9.99. The predicted molar refractivity (Wildman–Crippen MR) is 56.7 cm³/mol. The van der Waals surface area contributed by atoms with Crippen molar-refractivity contribution in [3.8, 4) is 5.75 Å². The number of pyridine rings is 1. The van der Waals surface area contributed by atoms with Crippen LogP contribution < -0.4 is 4.74 Å². The molecule has 1 aliphatic heterocycles. The molecule has 2 nitrogen and oxygen atoms in total. The van der Waals surface area contributed by atoms with E-state index >= 15 is 0 Å². The van der Waals surface area contributed by atoms with Crippen molar-refractivity contribution in [3.63, 3.8) is 0 Å². The van der Waals surface area contributed by atoms with Gasteiger partial charge in [-0.2, -0.15) is 0 Å². The fourth-order valence-corrected chi connectivity index (χ4v) is 1.72. The lowest BCUT2D eigenvalue weighted by Crippen LogP contribution is -2.14. The van der Waals surface area contributed by atoms with Gasteiger partial charge in [0, 0.05) is 18.2 Å². The third-order valence-corrected chi connectivity index (χ3v) is 2.47. The molecule has 0 atom stereocenters. The summed E-state index contributed by atoms with van der Waals surface area (Å²) in [6.45, 7) is 8.90. The zero-order chi connectivity index (χ0) is 10.1. The standard InChI is InChI=1S/C12H15NO/c1-8(2)10-4-5-13-11-6-9(3)7-14-12(10)11/h4-5,8H,3,6-7H2,1-2H3. The van der Waals surface area contributed by atoms with Crippen LogP contribution in [0.2, 0.25) is 0 Å². The van der Waals surface area contributed by atoms with E-state index in [4.69, 9.17) is 4.74 Å². The van der Waals surface area contributed by atoms with Gasteiger partial charge in [0.1, 0.15) is 12.4 Å². The van der Waals surface area contributed by atoms with Crippen LogP contribution in [0, 0.1) is 0 Å². The van der Waals surface area contributed by atoms with Crippen LogP contribution in [0.4, 0.5) is 0 Å². The number of fused-ring (bicyclic) bond motifs is 1. The van der Waals surface area contributed by atoms with Crippen LogP contribution in [0.15, 0.2) is 24.4 Å². The molecule has 0 fully saturated rings. The number of aromatic nitrogens is 1. The molecule has 74 valence electrons. The van der Waals surface area contributed by atoms with Gasteiger partial charge in [-0.15, -0.1) is 0 Å². The maximum Gasteiger partial charge on any atom is 0.145 e. The van der Waals surface area contributed by atoms with Gasteiger partial charge in [-0.05, 0) is 17.6 Å². The Morgan fingerprint density at radius 1 is 1.50 bits per heavy atom. The van der Waals surface area contributed by atoms with Crippen molar-refractivity contribution in [2.24, 2.45) is 0 Å². The van der Waals surface area contributed by atoms with Gasteiger partial charge < -0.3 is 4.74 Å². The van der Waals surface area contributed by atoms with Crippen molar-refractivity contribution in [1.82, 2.24) is 4.98 Å². The molecular weight excluding hydrogens is 174 g/mol. The van der Waals surface area contributed by atoms with E-state index in [9.17, 15) is 0 Å². The second-order valence-corrected chi connectivity index (χ2v) is 4.05. The molecule has 1 aliphatic rings. The fraction of sp³-hybridized carbons (Fsp3) is 0.417. The third kappa shape index (κ3) is 1.52. The van der Waals surface area contributed by atoms with Crippen molar-refractivity contribution in [3.05, 3.63) is 35.7 Å². The molecule has 2 heteroatoms. The first-order chi connectivity index (χ1) is 6.68. The summed E-state index contributed by atoms with van der Waals surface area (Å²) >= 11 is 0. The Bertz CT molecular complexity index is 369. The lowest BCUT2D eigenvalue weighted by molar-refractivity contribution is 0.324. The van der Waals surface area contributed by atoms with Crippen LogP contribution in [-0.4, -0.2) is 11.6 Å². The molecule has 0 saturated carbocycles. The van der Waals surface area contributed by atoms with Crippen LogP contribution in [0.1, 0.15) is 31.0 Å². The Morgan fingerprint density at radius 3 is 3.00 bits per heavy atom. The van der Waals surface area contributed by atoms with Gasteiger partial charge >= 0.3 is 0 Å². The Hall–Kier alpha value is -1.31. The molecule has 0 unspecified atom stereocenters. The molecule has 14 heavy (non-hydrogen) atoms. The number of hydrogen-bond donors (Lipinski definition) is 0. The minimum absolute atomic E-state index is 0.484. The highest BCUT2D eigenvalue weighted by Gasteiger charge is 2.18. The highest BCUT2D eigenvalue weighted by Crippen LogP contribution is 2.32. The summed E-state index contributed by atoms with van der Waals surface area (Å²) in [5.74, 6) is 1.47. The van der Waals surface area contributed by atoms with Crippen LogP contribution in [-0.2, 0) is 6.42 Å². The topological polar surface area (TPSA) is 22.1 Å². The molecule has 2 heterocycles. The van der Waals surface area contributed by atoms with Crippen molar-refractivity contribution in [2.75, 3.05) is 6.61 Å². The Kier molecular flexibility index (Phi) is 2.28. The summed E-state index contributed by atoms with van der Waals surface area (Å²) in [5.41, 5.74) is 3.39. The molecular formula is C12H15NO. The predicted octanol–water partition coefficient (Wildman–Crippen LogP) is 2.70. The van der Waals surface area contributed by atoms with E-state index in [1.54, 1.807) is 0 Å². The fourth-order valence-electron chi connectivity index (χ4n) is 1.72. The van der Waals surface area contributed by atoms with Crippen LogP contribution in [0.5, 0.6) is 5.75 Å². The third-order valence-electron chi connectivity index (χ3n) is 2.47. The maximum absolute atomic E-state index is 5.67. The average molecular weight is 189 g/mol. The molecule has 0 aliphatic carbocycles. The minimum atomic E-state index is 0.484. The van der Waals surface area contributed by atoms with Gasteiger partial charge in [0.15, 0.2) is 0 Å². The van der Waals surface area contributed by atoms with Gasteiger partial charge in [0.25, 0.3) is 0 Å². The van der Waals surface area contributed by atoms with Gasteiger partial charge in [-0.1, -0.05) is 20.4 Å². The second kappa shape index (κ2) is 3.45. The molecule has 0 radical (unpaired) electrons. The highest BCUT2D eigenvalue weighted by atomic mass is 16.5. The lowest BCUT2D eigenvalue weighted by Gasteiger charge is -2.22. The van der Waals surface area contributed by atoms with Crippen LogP contribution in [0.25, 0.3) is 0 Å². The molecule has 0 amide bonds. The quantitative estimate of drug-likeness (QED) is 0.634. The summed E-state index contributed by atoms with van der Waals surface area (Å²) in [6.07, 6.45) is 2.71. The monoisotopic (exact) mass is 189 g/mol. The Balaban J connectivity index is 2.46. The number of ether oxygens (including phenoxy) is 1. The Morgan fingerprint density at radius 2 is 2.29 bits per heavy atom. The zero-order valence-corrected chi connectivity index (χ0v) is 8.71. The molecule has 1 aromatic heterocycles. The van der Waals surface area contributed by atoms with E-state index in [2.05, 4.69) is 25.4 Å². The summed E-state index contributed by atoms with van der Waals surface area (Å²) in [6, 6.07) is 2.04. The van der Waals surface area contributed by atoms with E-state index in [0.29, 0.717) is 12.5 Å². The first kappa shape index (κ1) is 9.25. The van der Waals surface area contributed by atoms with E-state index in [-0.39, 0.29) is 0 Å². The van der Waals surface area contributed by atoms with Crippen molar-refractivity contribution in [1.29, 1.82) is 0 Å². The van der Waals surface area contributed by atoms with Crippen LogP contribution in [0.3, 0.4) is 0 Å². The first-order valence-electron chi connectivity index (χ1n) is 4.95. The first-order valence-corrected chi connectivity index (χ1v) is 4.95. The van der Waals surface area contributed by atoms with E-state index in [1.165, 1.54) is 5.56 Å². The molecule has 0 saturated heterocycles. The number of rotatable bonds is 1. The van der Waals surface area contributed by atoms with Crippen LogP contribution >= 0.6 is 0 Å². The van der Waals surface area contributed by atoms with E-state index in [1.807, 2.05) is 12.3 Å². The normalized spacial score (nSPS) is 15.2. The Labute approximate surface area is 84.6 Å².